The molecule has 0 radical (unpaired) electrons. The van der Waals surface area contributed by atoms with Crippen LogP contribution in [0.15, 0.2) is 24.3 Å². The maximum Gasteiger partial charge on any atom is 0.0669 e. The molecule has 0 heterocycles. The van der Waals surface area contributed by atoms with E-state index in [9.17, 15) is 0 Å². The molecular formula is C16H24N2. The highest BCUT2D eigenvalue weighted by Gasteiger charge is 2.01. The monoisotopic (exact) mass is 244 g/mol. The van der Waals surface area contributed by atoms with Crippen LogP contribution in [0.5, 0.6) is 0 Å². The summed E-state index contributed by atoms with van der Waals surface area (Å²) in [6.45, 7) is 4.47. The molecule has 0 aliphatic carbocycles. The van der Waals surface area contributed by atoms with Crippen molar-refractivity contribution < 1.29 is 0 Å². The number of nitrogens with one attached hydrogen (secondary N) is 1. The van der Waals surface area contributed by atoms with E-state index in [0.29, 0.717) is 12.5 Å². The third kappa shape index (κ3) is 5.72. The van der Waals surface area contributed by atoms with Crippen molar-refractivity contribution in [1.29, 1.82) is 5.26 Å². The van der Waals surface area contributed by atoms with Crippen LogP contribution in [0.25, 0.3) is 0 Å². The molecule has 1 atom stereocenters. The van der Waals surface area contributed by atoms with Crippen molar-refractivity contribution in [2.24, 2.45) is 0 Å². The van der Waals surface area contributed by atoms with E-state index in [1.165, 1.54) is 32.1 Å². The van der Waals surface area contributed by atoms with Crippen molar-refractivity contribution in [3.8, 4) is 6.07 Å². The van der Waals surface area contributed by atoms with E-state index >= 15 is 0 Å². The molecule has 0 fully saturated rings. The summed E-state index contributed by atoms with van der Waals surface area (Å²) in [7, 11) is 0. The van der Waals surface area contributed by atoms with Gasteiger partial charge in [0, 0.05) is 11.7 Å². The van der Waals surface area contributed by atoms with Gasteiger partial charge in [0.15, 0.2) is 0 Å². The second-order valence-corrected chi connectivity index (χ2v) is 4.93. The lowest BCUT2D eigenvalue weighted by atomic mass is 10.1. The van der Waals surface area contributed by atoms with E-state index in [0.717, 1.165) is 11.3 Å². The first-order valence-corrected chi connectivity index (χ1v) is 6.98. The predicted molar refractivity (Wildman–Crippen MR) is 77.6 cm³/mol. The molecule has 0 aliphatic heterocycles. The van der Waals surface area contributed by atoms with Crippen LogP contribution in [-0.4, -0.2) is 6.04 Å². The Morgan fingerprint density at radius 2 is 1.89 bits per heavy atom. The summed E-state index contributed by atoms with van der Waals surface area (Å²) in [5, 5.41) is 12.1. The summed E-state index contributed by atoms with van der Waals surface area (Å²) >= 11 is 0. The van der Waals surface area contributed by atoms with Crippen LogP contribution in [0.4, 0.5) is 5.69 Å². The summed E-state index contributed by atoms with van der Waals surface area (Å²) in [5.74, 6) is 0. The van der Waals surface area contributed by atoms with E-state index in [1.54, 1.807) is 0 Å². The Kier molecular flexibility index (Phi) is 6.94. The number of anilines is 1. The van der Waals surface area contributed by atoms with Crippen LogP contribution in [0.1, 0.15) is 51.5 Å². The third-order valence-electron chi connectivity index (χ3n) is 3.14. The summed E-state index contributed by atoms with van der Waals surface area (Å²) in [4.78, 5) is 0. The minimum absolute atomic E-state index is 0.493. The van der Waals surface area contributed by atoms with Gasteiger partial charge in [0.2, 0.25) is 0 Å². The molecule has 1 unspecified atom stereocenters. The summed E-state index contributed by atoms with van der Waals surface area (Å²) in [5.41, 5.74) is 2.23. The number of benzene rings is 1. The van der Waals surface area contributed by atoms with Crippen LogP contribution >= 0.6 is 0 Å². The standard InChI is InChI=1S/C16H24N2/c1-3-4-5-6-7-14(2)18-16-10-8-15(9-11-16)12-13-17/h8-11,14,18H,3-7,12H2,1-2H3. The minimum atomic E-state index is 0.493. The second-order valence-electron chi connectivity index (χ2n) is 4.93. The molecule has 1 rings (SSSR count). The van der Waals surface area contributed by atoms with Crippen molar-refractivity contribution >= 4 is 5.69 Å². The molecule has 1 aromatic rings. The molecular weight excluding hydrogens is 220 g/mol. The molecule has 0 aliphatic rings. The Morgan fingerprint density at radius 3 is 2.50 bits per heavy atom. The normalized spacial score (nSPS) is 11.8. The fourth-order valence-electron chi connectivity index (χ4n) is 2.04. The van der Waals surface area contributed by atoms with Crippen LogP contribution < -0.4 is 5.32 Å². The molecule has 0 amide bonds. The van der Waals surface area contributed by atoms with E-state index < -0.39 is 0 Å². The van der Waals surface area contributed by atoms with Crippen LogP contribution in [0.2, 0.25) is 0 Å². The molecule has 18 heavy (non-hydrogen) atoms. The highest BCUT2D eigenvalue weighted by Crippen LogP contribution is 2.14. The Balaban J connectivity index is 2.30. The predicted octanol–water partition coefficient (Wildman–Crippen LogP) is 4.52. The van der Waals surface area contributed by atoms with Gasteiger partial charge in [-0.1, -0.05) is 44.7 Å². The fourth-order valence-corrected chi connectivity index (χ4v) is 2.04. The Bertz CT molecular complexity index is 362. The van der Waals surface area contributed by atoms with Gasteiger partial charge < -0.3 is 5.32 Å². The Labute approximate surface area is 111 Å². The number of nitriles is 1. The van der Waals surface area contributed by atoms with E-state index in [-0.39, 0.29) is 0 Å². The highest BCUT2D eigenvalue weighted by atomic mass is 14.9. The van der Waals surface area contributed by atoms with Crippen molar-refractivity contribution in [1.82, 2.24) is 0 Å². The van der Waals surface area contributed by atoms with Crippen LogP contribution in [-0.2, 0) is 6.42 Å². The number of hydrogen-bond acceptors (Lipinski definition) is 2. The topological polar surface area (TPSA) is 35.8 Å². The maximum absolute atomic E-state index is 8.61. The average molecular weight is 244 g/mol. The Morgan fingerprint density at radius 1 is 1.17 bits per heavy atom. The zero-order chi connectivity index (χ0) is 13.2. The SMILES string of the molecule is CCCCCCC(C)Nc1ccc(CC#N)cc1. The first-order chi connectivity index (χ1) is 8.76. The largest absolute Gasteiger partial charge is 0.383 e. The molecule has 2 heteroatoms. The van der Waals surface area contributed by atoms with Crippen molar-refractivity contribution in [3.05, 3.63) is 29.8 Å². The van der Waals surface area contributed by atoms with Gasteiger partial charge in [-0.2, -0.15) is 5.26 Å². The molecule has 0 spiro atoms. The highest BCUT2D eigenvalue weighted by molar-refractivity contribution is 5.45. The Hall–Kier alpha value is -1.49. The number of rotatable bonds is 8. The maximum atomic E-state index is 8.61. The van der Waals surface area contributed by atoms with Gasteiger partial charge in [-0.15, -0.1) is 0 Å². The van der Waals surface area contributed by atoms with E-state index in [1.807, 2.05) is 12.1 Å². The lowest BCUT2D eigenvalue weighted by Gasteiger charge is -2.15. The van der Waals surface area contributed by atoms with Gasteiger partial charge in [0.25, 0.3) is 0 Å². The molecule has 98 valence electrons. The number of nitrogens with zero attached hydrogens (tertiary/aromatic N) is 1. The molecule has 0 bridgehead atoms. The summed E-state index contributed by atoms with van der Waals surface area (Å²) < 4.78 is 0. The second kappa shape index (κ2) is 8.58. The lowest BCUT2D eigenvalue weighted by Crippen LogP contribution is -2.14. The zero-order valence-electron chi connectivity index (χ0n) is 11.6. The molecule has 1 aromatic carbocycles. The van der Waals surface area contributed by atoms with Gasteiger partial charge in [-0.25, -0.2) is 0 Å². The van der Waals surface area contributed by atoms with Crippen LogP contribution in [0, 0.1) is 11.3 Å². The zero-order valence-corrected chi connectivity index (χ0v) is 11.6. The fraction of sp³-hybridized carbons (Fsp3) is 0.562. The van der Waals surface area contributed by atoms with Crippen molar-refractivity contribution in [2.75, 3.05) is 5.32 Å². The number of hydrogen-bond donors (Lipinski definition) is 1. The minimum Gasteiger partial charge on any atom is -0.383 e. The van der Waals surface area contributed by atoms with Gasteiger partial charge in [-0.05, 0) is 31.0 Å². The van der Waals surface area contributed by atoms with Crippen LogP contribution in [0.3, 0.4) is 0 Å². The van der Waals surface area contributed by atoms with Crippen molar-refractivity contribution in [2.45, 2.75) is 58.4 Å². The van der Waals surface area contributed by atoms with Gasteiger partial charge in [0.05, 0.1) is 12.5 Å². The first kappa shape index (κ1) is 14.6. The average Bonchev–Trinajstić information content (AvgIpc) is 2.37. The molecule has 0 saturated heterocycles. The van der Waals surface area contributed by atoms with Gasteiger partial charge in [-0.3, -0.25) is 0 Å². The van der Waals surface area contributed by atoms with Gasteiger partial charge in [0.1, 0.15) is 0 Å². The third-order valence-corrected chi connectivity index (χ3v) is 3.14. The molecule has 1 N–H and O–H groups in total. The smallest absolute Gasteiger partial charge is 0.0669 e. The number of unbranched alkanes of at least 4 members (excludes halogenated alkanes) is 3. The molecule has 0 saturated carbocycles. The first-order valence-electron chi connectivity index (χ1n) is 6.98. The van der Waals surface area contributed by atoms with Gasteiger partial charge >= 0.3 is 0 Å². The quantitative estimate of drug-likeness (QED) is 0.682. The lowest BCUT2D eigenvalue weighted by molar-refractivity contribution is 0.594. The van der Waals surface area contributed by atoms with E-state index in [4.69, 9.17) is 5.26 Å². The van der Waals surface area contributed by atoms with E-state index in [2.05, 4.69) is 37.4 Å². The van der Waals surface area contributed by atoms with Crippen molar-refractivity contribution in [3.63, 3.8) is 0 Å². The summed E-state index contributed by atoms with van der Waals surface area (Å²) in [6, 6.07) is 10.9. The summed E-state index contributed by atoms with van der Waals surface area (Å²) in [6.07, 6.45) is 6.99. The molecule has 2 nitrogen and oxygen atoms in total. The molecule has 0 aromatic heterocycles.